The summed E-state index contributed by atoms with van der Waals surface area (Å²) in [5, 5.41) is 12.9. The molecule has 1 heterocycles. The van der Waals surface area contributed by atoms with Crippen molar-refractivity contribution in [2.24, 2.45) is 0 Å². The summed E-state index contributed by atoms with van der Waals surface area (Å²) < 4.78 is 10.7. The summed E-state index contributed by atoms with van der Waals surface area (Å²) in [6, 6.07) is 1.74. The molecule has 4 nitrogen and oxygen atoms in total. The average Bonchev–Trinajstić information content (AvgIpc) is 2.26. The predicted molar refractivity (Wildman–Crippen MR) is 56.9 cm³/mol. The number of ether oxygens (including phenoxy) is 2. The van der Waals surface area contributed by atoms with E-state index in [2.05, 4.69) is 5.32 Å². The summed E-state index contributed by atoms with van der Waals surface area (Å²) in [5.41, 5.74) is 0.701. The number of halogens is 1. The Balaban J connectivity index is 2.47. The highest BCUT2D eigenvalue weighted by atomic mass is 35.5. The molecule has 0 spiro atoms. The molecule has 1 aliphatic heterocycles. The van der Waals surface area contributed by atoms with Gasteiger partial charge >= 0.3 is 0 Å². The zero-order valence-corrected chi connectivity index (χ0v) is 9.10. The van der Waals surface area contributed by atoms with Crippen LogP contribution in [0.1, 0.15) is 5.56 Å². The molecule has 0 bridgehead atoms. The minimum Gasteiger partial charge on any atom is -0.506 e. The first kappa shape index (κ1) is 10.4. The number of fused-ring (bicyclic) bond motifs is 1. The first-order valence-corrected chi connectivity index (χ1v) is 5.06. The molecule has 1 aromatic rings. The number of phenolic OH excluding ortho intramolecular Hbond substituents is 1. The number of rotatable bonds is 2. The highest BCUT2D eigenvalue weighted by Crippen LogP contribution is 2.44. The summed E-state index contributed by atoms with van der Waals surface area (Å²) >= 11 is 5.97. The smallest absolute Gasteiger partial charge is 0.183 e. The molecule has 5 heteroatoms. The van der Waals surface area contributed by atoms with E-state index >= 15 is 0 Å². The number of phenols is 1. The normalized spacial score (nSPS) is 14.0. The van der Waals surface area contributed by atoms with Gasteiger partial charge in [-0.1, -0.05) is 11.6 Å². The Morgan fingerprint density at radius 1 is 1.47 bits per heavy atom. The van der Waals surface area contributed by atoms with Gasteiger partial charge < -0.3 is 19.9 Å². The van der Waals surface area contributed by atoms with Crippen molar-refractivity contribution in [2.45, 2.75) is 6.54 Å². The van der Waals surface area contributed by atoms with Crippen LogP contribution in [0.4, 0.5) is 0 Å². The fraction of sp³-hybridized carbons (Fsp3) is 0.400. The molecular formula is C10H12ClNO3. The van der Waals surface area contributed by atoms with Crippen LogP contribution in [0.5, 0.6) is 17.2 Å². The van der Waals surface area contributed by atoms with E-state index in [0.29, 0.717) is 36.8 Å². The lowest BCUT2D eigenvalue weighted by Crippen LogP contribution is -2.16. The van der Waals surface area contributed by atoms with Gasteiger partial charge in [0.2, 0.25) is 0 Å². The van der Waals surface area contributed by atoms with Crippen molar-refractivity contribution in [1.29, 1.82) is 0 Å². The van der Waals surface area contributed by atoms with Crippen LogP contribution in [0.15, 0.2) is 6.07 Å². The van der Waals surface area contributed by atoms with Crippen molar-refractivity contribution in [3.63, 3.8) is 0 Å². The Labute approximate surface area is 92.8 Å². The van der Waals surface area contributed by atoms with Crippen LogP contribution >= 0.6 is 11.6 Å². The zero-order chi connectivity index (χ0) is 10.8. The van der Waals surface area contributed by atoms with Crippen molar-refractivity contribution in [1.82, 2.24) is 5.32 Å². The minimum absolute atomic E-state index is 0.0512. The number of hydrogen-bond donors (Lipinski definition) is 2. The molecule has 15 heavy (non-hydrogen) atoms. The van der Waals surface area contributed by atoms with E-state index < -0.39 is 0 Å². The molecule has 0 saturated carbocycles. The average molecular weight is 230 g/mol. The molecule has 0 aliphatic carbocycles. The molecule has 2 rings (SSSR count). The van der Waals surface area contributed by atoms with E-state index in [1.54, 1.807) is 13.1 Å². The second-order valence-electron chi connectivity index (χ2n) is 3.25. The van der Waals surface area contributed by atoms with Gasteiger partial charge in [0.1, 0.15) is 24.0 Å². The molecule has 0 saturated heterocycles. The Kier molecular flexibility index (Phi) is 2.88. The Hall–Kier alpha value is -1.13. The van der Waals surface area contributed by atoms with E-state index in [4.69, 9.17) is 21.1 Å². The fourth-order valence-electron chi connectivity index (χ4n) is 1.51. The molecule has 0 aromatic heterocycles. The predicted octanol–water partition coefficient (Wildman–Crippen LogP) is 1.54. The van der Waals surface area contributed by atoms with E-state index in [-0.39, 0.29) is 10.8 Å². The Morgan fingerprint density at radius 2 is 2.20 bits per heavy atom. The lowest BCUT2D eigenvalue weighted by atomic mass is 10.1. The van der Waals surface area contributed by atoms with Gasteiger partial charge in [-0.2, -0.15) is 0 Å². The first-order chi connectivity index (χ1) is 7.24. The lowest BCUT2D eigenvalue weighted by Gasteiger charge is -2.21. The molecule has 0 unspecified atom stereocenters. The summed E-state index contributed by atoms with van der Waals surface area (Å²) in [5.74, 6) is 1.07. The summed E-state index contributed by atoms with van der Waals surface area (Å²) in [4.78, 5) is 0. The number of hydrogen-bond acceptors (Lipinski definition) is 4. The number of benzene rings is 1. The maximum absolute atomic E-state index is 9.78. The van der Waals surface area contributed by atoms with Gasteiger partial charge in [0.25, 0.3) is 0 Å². The van der Waals surface area contributed by atoms with Gasteiger partial charge in [-0.05, 0) is 13.1 Å². The fourth-order valence-corrected chi connectivity index (χ4v) is 1.78. The van der Waals surface area contributed by atoms with Gasteiger partial charge in [-0.25, -0.2) is 0 Å². The third-order valence-corrected chi connectivity index (χ3v) is 2.55. The summed E-state index contributed by atoms with van der Waals surface area (Å²) in [6.07, 6.45) is 0. The molecule has 0 amide bonds. The summed E-state index contributed by atoms with van der Waals surface area (Å²) in [7, 11) is 1.80. The number of aromatic hydroxyl groups is 1. The minimum atomic E-state index is 0.0512. The second kappa shape index (κ2) is 4.16. The highest BCUT2D eigenvalue weighted by molar-refractivity contribution is 6.33. The van der Waals surface area contributed by atoms with Crippen LogP contribution in [0.25, 0.3) is 0 Å². The van der Waals surface area contributed by atoms with Gasteiger partial charge in [-0.15, -0.1) is 0 Å². The molecule has 0 radical (unpaired) electrons. The molecule has 82 valence electrons. The second-order valence-corrected chi connectivity index (χ2v) is 3.63. The largest absolute Gasteiger partial charge is 0.506 e. The van der Waals surface area contributed by atoms with Gasteiger partial charge in [-0.3, -0.25) is 0 Å². The molecule has 0 fully saturated rings. The van der Waals surface area contributed by atoms with Crippen LogP contribution in [-0.4, -0.2) is 25.4 Å². The molecule has 1 aliphatic rings. The van der Waals surface area contributed by atoms with Crippen molar-refractivity contribution in [2.75, 3.05) is 20.3 Å². The van der Waals surface area contributed by atoms with Crippen LogP contribution in [0.2, 0.25) is 5.02 Å². The lowest BCUT2D eigenvalue weighted by molar-refractivity contribution is 0.170. The van der Waals surface area contributed by atoms with Crippen LogP contribution in [0, 0.1) is 0 Å². The Bertz CT molecular complexity index is 381. The van der Waals surface area contributed by atoms with Crippen LogP contribution in [-0.2, 0) is 6.54 Å². The van der Waals surface area contributed by atoms with Crippen molar-refractivity contribution in [3.8, 4) is 17.2 Å². The first-order valence-electron chi connectivity index (χ1n) is 4.68. The van der Waals surface area contributed by atoms with Crippen LogP contribution < -0.4 is 14.8 Å². The third kappa shape index (κ3) is 1.82. The maximum Gasteiger partial charge on any atom is 0.183 e. The van der Waals surface area contributed by atoms with E-state index in [1.165, 1.54) is 0 Å². The van der Waals surface area contributed by atoms with Crippen molar-refractivity contribution < 1.29 is 14.6 Å². The molecule has 0 atom stereocenters. The highest BCUT2D eigenvalue weighted by Gasteiger charge is 2.21. The van der Waals surface area contributed by atoms with E-state index in [1.807, 2.05) is 0 Å². The molecule has 1 aromatic carbocycles. The molecule has 2 N–H and O–H groups in total. The van der Waals surface area contributed by atoms with E-state index in [9.17, 15) is 5.11 Å². The maximum atomic E-state index is 9.78. The molecular weight excluding hydrogens is 218 g/mol. The quantitative estimate of drug-likeness (QED) is 0.808. The summed E-state index contributed by atoms with van der Waals surface area (Å²) in [6.45, 7) is 1.49. The van der Waals surface area contributed by atoms with Crippen LogP contribution in [0.3, 0.4) is 0 Å². The van der Waals surface area contributed by atoms with Crippen molar-refractivity contribution in [3.05, 3.63) is 16.7 Å². The van der Waals surface area contributed by atoms with E-state index in [0.717, 1.165) is 0 Å². The monoisotopic (exact) mass is 229 g/mol. The standard InChI is InChI=1S/C10H12ClNO3/c1-12-5-6-4-7-10(8(11)9(6)13)15-3-2-14-7/h4,12-13H,2-3,5H2,1H3. The van der Waals surface area contributed by atoms with Gasteiger partial charge in [0.15, 0.2) is 11.5 Å². The number of nitrogens with one attached hydrogen (secondary N) is 1. The Morgan fingerprint density at radius 3 is 2.93 bits per heavy atom. The topological polar surface area (TPSA) is 50.7 Å². The van der Waals surface area contributed by atoms with Gasteiger partial charge in [0.05, 0.1) is 0 Å². The van der Waals surface area contributed by atoms with Gasteiger partial charge in [0, 0.05) is 12.1 Å². The zero-order valence-electron chi connectivity index (χ0n) is 8.34. The SMILES string of the molecule is CNCc1cc2c(c(Cl)c1O)OCCO2. The third-order valence-electron chi connectivity index (χ3n) is 2.20. The van der Waals surface area contributed by atoms with Crippen molar-refractivity contribution >= 4 is 11.6 Å².